The van der Waals surface area contributed by atoms with Gasteiger partial charge in [-0.3, -0.25) is 14.6 Å². The molecule has 0 saturated carbocycles. The molecule has 0 spiro atoms. The molecule has 0 aromatic heterocycles. The van der Waals surface area contributed by atoms with Crippen LogP contribution in [0.2, 0.25) is 0 Å². The van der Waals surface area contributed by atoms with Crippen molar-refractivity contribution in [2.75, 3.05) is 23.9 Å². The summed E-state index contributed by atoms with van der Waals surface area (Å²) in [6.45, 7) is 0.547. The van der Waals surface area contributed by atoms with Crippen LogP contribution in [0.3, 0.4) is 0 Å². The van der Waals surface area contributed by atoms with Gasteiger partial charge in [-0.1, -0.05) is 60.3 Å². The van der Waals surface area contributed by atoms with Gasteiger partial charge in [0, 0.05) is 18.7 Å². The van der Waals surface area contributed by atoms with Crippen LogP contribution in [0, 0.1) is 0 Å². The molecule has 2 amide bonds. The number of carbonyl (C=O) groups is 2. The first kappa shape index (κ1) is 22.6. The molecular weight excluding hydrogens is 434 g/mol. The number of amidine groups is 1. The number of amides is 2. The molecule has 3 aromatic rings. The average molecular weight is 460 g/mol. The summed E-state index contributed by atoms with van der Waals surface area (Å²) in [6, 6.07) is 26.6. The molecule has 0 radical (unpaired) electrons. The lowest BCUT2D eigenvalue weighted by Gasteiger charge is -2.16. The molecule has 0 aliphatic carbocycles. The molecule has 0 unspecified atom stereocenters. The maximum absolute atomic E-state index is 13.0. The van der Waals surface area contributed by atoms with E-state index in [0.29, 0.717) is 17.4 Å². The summed E-state index contributed by atoms with van der Waals surface area (Å²) in [7, 11) is 1.64. The third kappa shape index (κ3) is 5.81. The first-order chi connectivity index (χ1) is 16.1. The smallest absolute Gasteiger partial charge is 0.247 e. The highest BCUT2D eigenvalue weighted by Crippen LogP contribution is 2.30. The van der Waals surface area contributed by atoms with Crippen LogP contribution in [-0.2, 0) is 16.0 Å². The Morgan fingerprint density at radius 3 is 2.33 bits per heavy atom. The van der Waals surface area contributed by atoms with E-state index < -0.39 is 5.25 Å². The summed E-state index contributed by atoms with van der Waals surface area (Å²) < 4.78 is 5.21. The Morgan fingerprint density at radius 1 is 1.00 bits per heavy atom. The minimum absolute atomic E-state index is 0.145. The largest absolute Gasteiger partial charge is 0.497 e. The number of thioether (sulfide) groups is 1. The Kier molecular flexibility index (Phi) is 7.42. The van der Waals surface area contributed by atoms with Gasteiger partial charge in [0.2, 0.25) is 11.8 Å². The molecule has 168 valence electrons. The fourth-order valence-electron chi connectivity index (χ4n) is 3.51. The quantitative estimate of drug-likeness (QED) is 0.313. The summed E-state index contributed by atoms with van der Waals surface area (Å²) >= 11 is 1.31. The van der Waals surface area contributed by atoms with Crippen LogP contribution in [0.25, 0.3) is 0 Å². The lowest BCUT2D eigenvalue weighted by molar-refractivity contribution is -0.121. The van der Waals surface area contributed by atoms with Crippen molar-refractivity contribution in [3.8, 4) is 5.75 Å². The van der Waals surface area contributed by atoms with Crippen molar-refractivity contribution in [2.24, 2.45) is 4.99 Å². The summed E-state index contributed by atoms with van der Waals surface area (Å²) in [4.78, 5) is 31.7. The monoisotopic (exact) mass is 459 g/mol. The molecule has 1 fully saturated rings. The van der Waals surface area contributed by atoms with Gasteiger partial charge in [-0.2, -0.15) is 0 Å². The van der Waals surface area contributed by atoms with E-state index in [1.54, 1.807) is 19.2 Å². The Balaban J connectivity index is 1.47. The van der Waals surface area contributed by atoms with Gasteiger partial charge in [-0.15, -0.1) is 0 Å². The number of carbonyl (C=O) groups excluding carboxylic acids is 2. The summed E-state index contributed by atoms with van der Waals surface area (Å²) in [6.07, 6.45) is 0.893. The van der Waals surface area contributed by atoms with Crippen LogP contribution in [0.1, 0.15) is 12.0 Å². The zero-order valence-corrected chi connectivity index (χ0v) is 19.1. The number of benzene rings is 3. The molecule has 7 heteroatoms. The molecule has 1 saturated heterocycles. The number of para-hydroxylation sites is 2. The van der Waals surface area contributed by atoms with E-state index >= 15 is 0 Å². The van der Waals surface area contributed by atoms with Crippen molar-refractivity contribution >= 4 is 40.1 Å². The topological polar surface area (TPSA) is 71.0 Å². The van der Waals surface area contributed by atoms with Gasteiger partial charge >= 0.3 is 0 Å². The van der Waals surface area contributed by atoms with Gasteiger partial charge in [0.25, 0.3) is 0 Å². The Bertz CT molecular complexity index is 1120. The highest BCUT2D eigenvalue weighted by molar-refractivity contribution is 8.15. The van der Waals surface area contributed by atoms with Crippen molar-refractivity contribution < 1.29 is 14.3 Å². The maximum atomic E-state index is 13.0. The summed E-state index contributed by atoms with van der Waals surface area (Å²) in [5.41, 5.74) is 2.63. The normalized spacial score (nSPS) is 16.2. The van der Waals surface area contributed by atoms with Gasteiger partial charge < -0.3 is 10.1 Å². The number of rotatable bonds is 7. The van der Waals surface area contributed by atoms with Gasteiger partial charge in [-0.25, -0.2) is 4.90 Å². The van der Waals surface area contributed by atoms with Crippen LogP contribution in [0.15, 0.2) is 89.9 Å². The Morgan fingerprint density at radius 2 is 1.67 bits per heavy atom. The number of aliphatic imine (C=N–C) groups is 1. The van der Waals surface area contributed by atoms with Crippen LogP contribution >= 0.6 is 11.8 Å². The van der Waals surface area contributed by atoms with E-state index in [1.165, 1.54) is 16.7 Å². The first-order valence-corrected chi connectivity index (χ1v) is 11.6. The van der Waals surface area contributed by atoms with Gasteiger partial charge in [0.1, 0.15) is 11.0 Å². The standard InChI is InChI=1S/C26H25N3O3S/c1-32-22-14-12-19(13-15-22)16-17-27-26(28-20-8-4-2-5-9-20)33-23-18-24(30)29(25(23)31)21-10-6-3-7-11-21/h2-15,23H,16-18H2,1H3,(H,27,28)/t23-/m1/s1. The van der Waals surface area contributed by atoms with E-state index in [1.807, 2.05) is 72.8 Å². The molecule has 33 heavy (non-hydrogen) atoms. The number of anilines is 2. The van der Waals surface area contributed by atoms with Crippen molar-refractivity contribution in [3.63, 3.8) is 0 Å². The number of hydrogen-bond acceptors (Lipinski definition) is 5. The number of hydrogen-bond donors (Lipinski definition) is 1. The molecule has 1 heterocycles. The number of ether oxygens (including phenoxy) is 1. The second kappa shape index (κ2) is 10.8. The van der Waals surface area contributed by atoms with Crippen LogP contribution in [0.4, 0.5) is 11.4 Å². The molecule has 4 rings (SSSR count). The SMILES string of the molecule is COc1ccc(CCN=C(Nc2ccccc2)S[C@@H]2CC(=O)N(c3ccccc3)C2=O)cc1. The second-order valence-electron chi connectivity index (χ2n) is 7.49. The van der Waals surface area contributed by atoms with E-state index in [-0.39, 0.29) is 18.2 Å². The predicted octanol–water partition coefficient (Wildman–Crippen LogP) is 4.77. The molecule has 0 bridgehead atoms. The third-order valence-electron chi connectivity index (χ3n) is 5.21. The number of imide groups is 1. The number of nitrogens with zero attached hydrogens (tertiary/aromatic N) is 2. The Hall–Kier alpha value is -3.58. The summed E-state index contributed by atoms with van der Waals surface area (Å²) in [5, 5.41) is 3.41. The van der Waals surface area contributed by atoms with Crippen molar-refractivity contribution in [1.29, 1.82) is 0 Å². The van der Waals surface area contributed by atoms with Crippen molar-refractivity contribution in [3.05, 3.63) is 90.5 Å². The predicted molar refractivity (Wildman–Crippen MR) is 134 cm³/mol. The van der Waals surface area contributed by atoms with Crippen LogP contribution < -0.4 is 15.0 Å². The van der Waals surface area contributed by atoms with Gasteiger partial charge in [0.15, 0.2) is 5.17 Å². The lowest BCUT2D eigenvalue weighted by atomic mass is 10.1. The molecule has 3 aromatic carbocycles. The van der Waals surface area contributed by atoms with Crippen LogP contribution in [-0.4, -0.2) is 35.9 Å². The summed E-state index contributed by atoms with van der Waals surface area (Å²) in [5.74, 6) is 0.409. The number of methoxy groups -OCH3 is 1. The van der Waals surface area contributed by atoms with E-state index in [4.69, 9.17) is 9.73 Å². The van der Waals surface area contributed by atoms with E-state index in [0.717, 1.165) is 23.4 Å². The second-order valence-corrected chi connectivity index (χ2v) is 8.68. The molecular formula is C26H25N3O3S. The molecule has 6 nitrogen and oxygen atoms in total. The molecule has 1 N–H and O–H groups in total. The van der Waals surface area contributed by atoms with E-state index in [2.05, 4.69) is 5.32 Å². The highest BCUT2D eigenvalue weighted by Gasteiger charge is 2.40. The maximum Gasteiger partial charge on any atom is 0.247 e. The van der Waals surface area contributed by atoms with Crippen molar-refractivity contribution in [2.45, 2.75) is 18.1 Å². The fourth-order valence-corrected chi connectivity index (χ4v) is 4.55. The lowest BCUT2D eigenvalue weighted by Crippen LogP contribution is -2.31. The zero-order valence-electron chi connectivity index (χ0n) is 18.3. The average Bonchev–Trinajstić information content (AvgIpc) is 3.13. The first-order valence-electron chi connectivity index (χ1n) is 10.7. The molecule has 1 aliphatic rings. The zero-order chi connectivity index (χ0) is 23.0. The minimum Gasteiger partial charge on any atom is -0.497 e. The fraction of sp³-hybridized carbons (Fsp3) is 0.192. The number of nitrogens with one attached hydrogen (secondary N) is 1. The highest BCUT2D eigenvalue weighted by atomic mass is 32.2. The molecule has 1 atom stereocenters. The minimum atomic E-state index is -0.520. The third-order valence-corrected chi connectivity index (χ3v) is 6.32. The van der Waals surface area contributed by atoms with E-state index in [9.17, 15) is 9.59 Å². The van der Waals surface area contributed by atoms with Gasteiger partial charge in [0.05, 0.1) is 12.8 Å². The molecule has 1 aliphatic heterocycles. The van der Waals surface area contributed by atoms with Gasteiger partial charge in [-0.05, 0) is 48.4 Å². The van der Waals surface area contributed by atoms with Crippen LogP contribution in [0.5, 0.6) is 5.75 Å². The van der Waals surface area contributed by atoms with Crippen molar-refractivity contribution in [1.82, 2.24) is 0 Å². The Labute approximate surface area is 197 Å².